The van der Waals surface area contributed by atoms with Crippen molar-refractivity contribution in [2.75, 3.05) is 26.2 Å². The van der Waals surface area contributed by atoms with E-state index in [4.69, 9.17) is 4.99 Å². The second kappa shape index (κ2) is 9.53. The summed E-state index contributed by atoms with van der Waals surface area (Å²) in [6.07, 6.45) is 4.01. The van der Waals surface area contributed by atoms with Crippen molar-refractivity contribution in [2.45, 2.75) is 71.9 Å². The third-order valence-electron chi connectivity index (χ3n) is 4.78. The van der Waals surface area contributed by atoms with E-state index in [9.17, 15) is 0 Å². The van der Waals surface area contributed by atoms with Gasteiger partial charge in [-0.05, 0) is 52.6 Å². The van der Waals surface area contributed by atoms with Gasteiger partial charge >= 0.3 is 0 Å². The lowest BCUT2D eigenvalue weighted by Gasteiger charge is -2.41. The second-order valence-corrected chi connectivity index (χ2v) is 8.67. The molecule has 1 aliphatic heterocycles. The van der Waals surface area contributed by atoms with E-state index >= 15 is 0 Å². The van der Waals surface area contributed by atoms with Gasteiger partial charge in [0.25, 0.3) is 0 Å². The SMILES string of the molecule is CCNC(=NCc1nc(C(C)C)cs1)NCC(C)(C)N1CCCCC1. The average Bonchev–Trinajstić information content (AvgIpc) is 3.07. The first-order valence-corrected chi connectivity index (χ1v) is 10.5. The number of hydrogen-bond acceptors (Lipinski definition) is 4. The zero-order valence-corrected chi connectivity index (χ0v) is 17.4. The van der Waals surface area contributed by atoms with Gasteiger partial charge in [0.05, 0.1) is 12.2 Å². The summed E-state index contributed by atoms with van der Waals surface area (Å²) < 4.78 is 0. The van der Waals surface area contributed by atoms with Gasteiger partial charge in [-0.15, -0.1) is 11.3 Å². The Morgan fingerprint density at radius 2 is 2.00 bits per heavy atom. The Bertz CT molecular complexity index is 544. The lowest BCUT2D eigenvalue weighted by Crippen LogP contribution is -2.54. The van der Waals surface area contributed by atoms with Crippen LogP contribution in [0.4, 0.5) is 0 Å². The van der Waals surface area contributed by atoms with Crippen LogP contribution >= 0.6 is 11.3 Å². The Morgan fingerprint density at radius 3 is 2.60 bits per heavy atom. The first-order chi connectivity index (χ1) is 11.9. The van der Waals surface area contributed by atoms with Crippen molar-refractivity contribution in [3.05, 3.63) is 16.1 Å². The van der Waals surface area contributed by atoms with Crippen LogP contribution in [0, 0.1) is 0 Å². The highest BCUT2D eigenvalue weighted by Gasteiger charge is 2.27. The van der Waals surface area contributed by atoms with Crippen LogP contribution in [0.3, 0.4) is 0 Å². The predicted octanol–water partition coefficient (Wildman–Crippen LogP) is 3.59. The van der Waals surface area contributed by atoms with Crippen molar-refractivity contribution in [1.82, 2.24) is 20.5 Å². The zero-order valence-electron chi connectivity index (χ0n) is 16.6. The highest BCUT2D eigenvalue weighted by Crippen LogP contribution is 2.20. The van der Waals surface area contributed by atoms with E-state index in [0.717, 1.165) is 24.1 Å². The Labute approximate surface area is 157 Å². The normalized spacial score (nSPS) is 17.1. The molecule has 1 saturated heterocycles. The maximum atomic E-state index is 4.73. The van der Waals surface area contributed by atoms with E-state index < -0.39 is 0 Å². The summed E-state index contributed by atoms with van der Waals surface area (Å²) in [5, 5.41) is 10.1. The van der Waals surface area contributed by atoms with Crippen LogP contribution in [0.2, 0.25) is 0 Å². The number of likely N-dealkylation sites (tertiary alicyclic amines) is 1. The number of aliphatic imine (C=N–C) groups is 1. The minimum atomic E-state index is 0.141. The number of aromatic nitrogens is 1. The van der Waals surface area contributed by atoms with Crippen molar-refractivity contribution in [2.24, 2.45) is 4.99 Å². The Balaban J connectivity index is 1.92. The molecule has 2 N–H and O–H groups in total. The lowest BCUT2D eigenvalue weighted by molar-refractivity contribution is 0.0982. The van der Waals surface area contributed by atoms with Gasteiger partial charge in [0.2, 0.25) is 0 Å². The molecule has 6 heteroatoms. The van der Waals surface area contributed by atoms with Gasteiger partial charge in [0.15, 0.2) is 5.96 Å². The van der Waals surface area contributed by atoms with E-state index in [1.165, 1.54) is 38.0 Å². The number of rotatable bonds is 7. The summed E-state index contributed by atoms with van der Waals surface area (Å²) in [7, 11) is 0. The fourth-order valence-electron chi connectivity index (χ4n) is 3.06. The van der Waals surface area contributed by atoms with E-state index in [1.54, 1.807) is 11.3 Å². The zero-order chi connectivity index (χ0) is 18.3. The van der Waals surface area contributed by atoms with Crippen molar-refractivity contribution in [1.29, 1.82) is 0 Å². The monoisotopic (exact) mass is 365 g/mol. The molecule has 0 amide bonds. The summed E-state index contributed by atoms with van der Waals surface area (Å²) in [5.41, 5.74) is 1.31. The minimum absolute atomic E-state index is 0.141. The number of guanidine groups is 1. The van der Waals surface area contributed by atoms with Gasteiger partial charge in [-0.2, -0.15) is 0 Å². The van der Waals surface area contributed by atoms with Crippen LogP contribution in [0.15, 0.2) is 10.4 Å². The van der Waals surface area contributed by atoms with Gasteiger partial charge < -0.3 is 10.6 Å². The lowest BCUT2D eigenvalue weighted by atomic mass is 9.98. The van der Waals surface area contributed by atoms with Crippen LogP contribution in [-0.4, -0.2) is 47.6 Å². The quantitative estimate of drug-likeness (QED) is 0.573. The van der Waals surface area contributed by atoms with Gasteiger partial charge in [0.1, 0.15) is 5.01 Å². The summed E-state index contributed by atoms with van der Waals surface area (Å²) in [6, 6.07) is 0. The van der Waals surface area contributed by atoms with Gasteiger partial charge in [-0.1, -0.05) is 20.3 Å². The molecule has 0 radical (unpaired) electrons. The summed E-state index contributed by atoms with van der Waals surface area (Å²) in [5.74, 6) is 1.36. The molecule has 0 saturated carbocycles. The molecule has 1 aromatic heterocycles. The number of nitrogens with zero attached hydrogens (tertiary/aromatic N) is 3. The van der Waals surface area contributed by atoms with Crippen LogP contribution in [0.25, 0.3) is 0 Å². The Hall–Kier alpha value is -1.14. The molecule has 25 heavy (non-hydrogen) atoms. The summed E-state index contributed by atoms with van der Waals surface area (Å²) in [6.45, 7) is 15.9. The topological polar surface area (TPSA) is 52.6 Å². The molecule has 0 aromatic carbocycles. The highest BCUT2D eigenvalue weighted by atomic mass is 32.1. The van der Waals surface area contributed by atoms with Gasteiger partial charge in [-0.3, -0.25) is 4.90 Å². The first-order valence-electron chi connectivity index (χ1n) is 9.64. The smallest absolute Gasteiger partial charge is 0.191 e. The number of piperidine rings is 1. The standard InChI is InChI=1S/C19H35N5S/c1-6-20-18(21-12-17-23-16(13-25-17)15(2)3)22-14-19(4,5)24-10-8-7-9-11-24/h13,15H,6-12,14H2,1-5H3,(H2,20,21,22). The fraction of sp³-hybridized carbons (Fsp3) is 0.789. The molecule has 142 valence electrons. The number of thiazole rings is 1. The van der Waals surface area contributed by atoms with Crippen molar-refractivity contribution in [3.8, 4) is 0 Å². The van der Waals surface area contributed by atoms with E-state index in [2.05, 4.69) is 60.5 Å². The molecule has 0 unspecified atom stereocenters. The van der Waals surface area contributed by atoms with Crippen molar-refractivity contribution >= 4 is 17.3 Å². The van der Waals surface area contributed by atoms with Crippen LogP contribution < -0.4 is 10.6 Å². The number of hydrogen-bond donors (Lipinski definition) is 2. The molecular formula is C19H35N5S. The molecule has 0 spiro atoms. The molecule has 2 rings (SSSR count). The molecule has 1 fully saturated rings. The molecule has 2 heterocycles. The maximum Gasteiger partial charge on any atom is 0.191 e. The minimum Gasteiger partial charge on any atom is -0.357 e. The summed E-state index contributed by atoms with van der Waals surface area (Å²) in [4.78, 5) is 12.0. The van der Waals surface area contributed by atoms with Gasteiger partial charge in [-0.25, -0.2) is 9.98 Å². The van der Waals surface area contributed by atoms with Crippen molar-refractivity contribution in [3.63, 3.8) is 0 Å². The van der Waals surface area contributed by atoms with E-state index in [0.29, 0.717) is 12.5 Å². The molecular weight excluding hydrogens is 330 g/mol. The van der Waals surface area contributed by atoms with Crippen LogP contribution in [0.1, 0.15) is 70.5 Å². The van der Waals surface area contributed by atoms with Gasteiger partial charge in [0, 0.05) is 24.0 Å². The third-order valence-corrected chi connectivity index (χ3v) is 5.63. The van der Waals surface area contributed by atoms with Crippen LogP contribution in [0.5, 0.6) is 0 Å². The predicted molar refractivity (Wildman–Crippen MR) is 109 cm³/mol. The molecule has 1 aromatic rings. The Morgan fingerprint density at radius 1 is 1.28 bits per heavy atom. The first kappa shape index (κ1) is 20.2. The van der Waals surface area contributed by atoms with E-state index in [1.807, 2.05) is 0 Å². The average molecular weight is 366 g/mol. The molecule has 0 aliphatic carbocycles. The third kappa shape index (κ3) is 6.26. The van der Waals surface area contributed by atoms with Crippen LogP contribution in [-0.2, 0) is 6.54 Å². The fourth-order valence-corrected chi connectivity index (χ4v) is 3.94. The van der Waals surface area contributed by atoms with E-state index in [-0.39, 0.29) is 5.54 Å². The summed E-state index contributed by atoms with van der Waals surface area (Å²) >= 11 is 1.70. The maximum absolute atomic E-state index is 4.73. The van der Waals surface area contributed by atoms with Crippen molar-refractivity contribution < 1.29 is 0 Å². The highest BCUT2D eigenvalue weighted by molar-refractivity contribution is 7.09. The molecule has 0 atom stereocenters. The molecule has 1 aliphatic rings. The molecule has 5 nitrogen and oxygen atoms in total. The second-order valence-electron chi connectivity index (χ2n) is 7.73. The molecule has 0 bridgehead atoms. The largest absolute Gasteiger partial charge is 0.357 e. The Kier molecular flexibility index (Phi) is 7.69. The number of nitrogens with one attached hydrogen (secondary N) is 2.